The SMILES string of the molecule is CC(C)(Oc1ccc(-c2cc(Cl)nc(N)n2)c(Cl)c1)C(=O)OCC1CCNCC1. The van der Waals surface area contributed by atoms with Crippen LogP contribution < -0.4 is 15.8 Å². The standard InChI is InChI=1S/C20H24Cl2N4O3/c1-20(2,18(27)28-11-12-5-7-24-8-6-12)29-13-3-4-14(15(21)9-13)16-10-17(22)26-19(23)25-16/h3-4,9-10,12,24H,5-8,11H2,1-2H3,(H2,23,25,26). The third kappa shape index (κ3) is 5.72. The molecule has 29 heavy (non-hydrogen) atoms. The lowest BCUT2D eigenvalue weighted by Crippen LogP contribution is -2.41. The highest BCUT2D eigenvalue weighted by Crippen LogP contribution is 2.32. The van der Waals surface area contributed by atoms with Crippen LogP contribution >= 0.6 is 23.2 Å². The van der Waals surface area contributed by atoms with Crippen LogP contribution in [-0.4, -0.2) is 41.2 Å². The third-order valence-corrected chi connectivity index (χ3v) is 5.21. The number of hydrogen-bond donors (Lipinski definition) is 2. The zero-order valence-electron chi connectivity index (χ0n) is 16.4. The van der Waals surface area contributed by atoms with Crippen LogP contribution in [0, 0.1) is 5.92 Å². The molecule has 0 amide bonds. The smallest absolute Gasteiger partial charge is 0.349 e. The predicted molar refractivity (Wildman–Crippen MR) is 113 cm³/mol. The van der Waals surface area contributed by atoms with Crippen molar-refractivity contribution in [3.05, 3.63) is 34.4 Å². The molecule has 9 heteroatoms. The topological polar surface area (TPSA) is 99.4 Å². The molecule has 3 rings (SSSR count). The van der Waals surface area contributed by atoms with Crippen molar-refractivity contribution < 1.29 is 14.3 Å². The Morgan fingerprint density at radius 3 is 2.62 bits per heavy atom. The number of aromatic nitrogens is 2. The number of carbonyl (C=O) groups excluding carboxylic acids is 1. The third-order valence-electron chi connectivity index (χ3n) is 4.70. The molecule has 0 bridgehead atoms. The van der Waals surface area contributed by atoms with Gasteiger partial charge in [0.15, 0.2) is 5.60 Å². The maximum Gasteiger partial charge on any atom is 0.349 e. The monoisotopic (exact) mass is 438 g/mol. The van der Waals surface area contributed by atoms with Crippen molar-refractivity contribution in [3.63, 3.8) is 0 Å². The number of nitrogens with one attached hydrogen (secondary N) is 1. The van der Waals surface area contributed by atoms with Crippen LogP contribution in [0.1, 0.15) is 26.7 Å². The van der Waals surface area contributed by atoms with Gasteiger partial charge in [0.2, 0.25) is 5.95 Å². The van der Waals surface area contributed by atoms with Gasteiger partial charge < -0.3 is 20.5 Å². The lowest BCUT2D eigenvalue weighted by molar-refractivity contribution is -0.161. The lowest BCUT2D eigenvalue weighted by Gasteiger charge is -2.27. The Balaban J connectivity index is 1.67. The maximum absolute atomic E-state index is 12.5. The zero-order chi connectivity index (χ0) is 21.0. The van der Waals surface area contributed by atoms with Crippen molar-refractivity contribution in [1.29, 1.82) is 0 Å². The van der Waals surface area contributed by atoms with Crippen molar-refractivity contribution in [2.24, 2.45) is 5.92 Å². The number of halogens is 2. The van der Waals surface area contributed by atoms with Gasteiger partial charge >= 0.3 is 5.97 Å². The maximum atomic E-state index is 12.5. The van der Waals surface area contributed by atoms with E-state index in [2.05, 4.69) is 15.3 Å². The minimum absolute atomic E-state index is 0.0570. The fourth-order valence-electron chi connectivity index (χ4n) is 3.09. The van der Waals surface area contributed by atoms with E-state index < -0.39 is 11.6 Å². The molecule has 2 heterocycles. The first-order valence-electron chi connectivity index (χ1n) is 9.41. The molecule has 156 valence electrons. The lowest BCUT2D eigenvalue weighted by atomic mass is 9.99. The number of ether oxygens (including phenoxy) is 2. The number of piperidine rings is 1. The molecule has 1 fully saturated rings. The molecule has 1 aromatic carbocycles. The minimum Gasteiger partial charge on any atom is -0.476 e. The average Bonchev–Trinajstić information content (AvgIpc) is 2.66. The summed E-state index contributed by atoms with van der Waals surface area (Å²) in [5, 5.41) is 3.90. The number of nitrogens with two attached hydrogens (primary N) is 1. The van der Waals surface area contributed by atoms with Gasteiger partial charge in [0.05, 0.1) is 17.3 Å². The summed E-state index contributed by atoms with van der Waals surface area (Å²) in [5.41, 5.74) is 5.62. The van der Waals surface area contributed by atoms with Crippen molar-refractivity contribution in [2.75, 3.05) is 25.4 Å². The fraction of sp³-hybridized carbons (Fsp3) is 0.450. The van der Waals surface area contributed by atoms with E-state index in [-0.39, 0.29) is 11.1 Å². The summed E-state index contributed by atoms with van der Waals surface area (Å²) in [5.74, 6) is 0.473. The second-order valence-corrected chi connectivity index (χ2v) is 8.27. The van der Waals surface area contributed by atoms with E-state index in [1.54, 1.807) is 38.1 Å². The van der Waals surface area contributed by atoms with E-state index in [9.17, 15) is 4.79 Å². The number of anilines is 1. The number of nitrogens with zero attached hydrogens (tertiary/aromatic N) is 2. The van der Waals surface area contributed by atoms with Gasteiger partial charge in [-0.1, -0.05) is 23.2 Å². The molecule has 7 nitrogen and oxygen atoms in total. The van der Waals surface area contributed by atoms with Gasteiger partial charge in [-0.3, -0.25) is 0 Å². The Labute approximate surface area is 179 Å². The summed E-state index contributed by atoms with van der Waals surface area (Å²) in [6, 6.07) is 6.62. The summed E-state index contributed by atoms with van der Waals surface area (Å²) < 4.78 is 11.4. The Bertz CT molecular complexity index is 866. The van der Waals surface area contributed by atoms with Gasteiger partial charge in [0, 0.05) is 11.6 Å². The Kier molecular flexibility index (Phi) is 6.82. The van der Waals surface area contributed by atoms with Crippen LogP contribution in [0.3, 0.4) is 0 Å². The Morgan fingerprint density at radius 2 is 1.97 bits per heavy atom. The molecule has 1 aromatic heterocycles. The first kappa shape index (κ1) is 21.6. The van der Waals surface area contributed by atoms with Gasteiger partial charge in [0.1, 0.15) is 10.9 Å². The van der Waals surface area contributed by atoms with E-state index in [0.29, 0.717) is 34.6 Å². The van der Waals surface area contributed by atoms with Crippen molar-refractivity contribution in [3.8, 4) is 17.0 Å². The summed E-state index contributed by atoms with van der Waals surface area (Å²) in [6.45, 7) is 5.66. The number of hydrogen-bond acceptors (Lipinski definition) is 7. The molecule has 0 unspecified atom stereocenters. The zero-order valence-corrected chi connectivity index (χ0v) is 17.9. The van der Waals surface area contributed by atoms with E-state index in [1.807, 2.05) is 0 Å². The molecule has 1 aliphatic rings. The van der Waals surface area contributed by atoms with Crippen LogP contribution in [0.25, 0.3) is 11.3 Å². The van der Waals surface area contributed by atoms with Crippen molar-refractivity contribution in [2.45, 2.75) is 32.3 Å². The second-order valence-electron chi connectivity index (χ2n) is 7.48. The number of benzene rings is 1. The summed E-state index contributed by atoms with van der Waals surface area (Å²) in [4.78, 5) is 20.5. The molecule has 0 spiro atoms. The normalized spacial score (nSPS) is 15.2. The average molecular weight is 439 g/mol. The highest BCUT2D eigenvalue weighted by molar-refractivity contribution is 6.33. The van der Waals surface area contributed by atoms with Crippen molar-refractivity contribution in [1.82, 2.24) is 15.3 Å². The van der Waals surface area contributed by atoms with Gasteiger partial charge in [0.25, 0.3) is 0 Å². The quantitative estimate of drug-likeness (QED) is 0.523. The summed E-state index contributed by atoms with van der Waals surface area (Å²) in [7, 11) is 0. The van der Waals surface area contributed by atoms with Crippen LogP contribution in [0.4, 0.5) is 5.95 Å². The highest BCUT2D eigenvalue weighted by Gasteiger charge is 2.33. The summed E-state index contributed by atoms with van der Waals surface area (Å²) in [6.07, 6.45) is 2.01. The van der Waals surface area contributed by atoms with Gasteiger partial charge in [-0.15, -0.1) is 0 Å². The molecule has 0 saturated carbocycles. The van der Waals surface area contributed by atoms with Gasteiger partial charge in [-0.05, 0) is 63.9 Å². The highest BCUT2D eigenvalue weighted by atomic mass is 35.5. The summed E-state index contributed by atoms with van der Waals surface area (Å²) >= 11 is 12.3. The van der Waals surface area contributed by atoms with E-state index in [4.69, 9.17) is 38.4 Å². The van der Waals surface area contributed by atoms with E-state index >= 15 is 0 Å². The van der Waals surface area contributed by atoms with E-state index in [1.165, 1.54) is 0 Å². The number of rotatable bonds is 6. The Hall–Kier alpha value is -2.09. The first-order valence-corrected chi connectivity index (χ1v) is 10.2. The number of esters is 1. The number of carbonyl (C=O) groups is 1. The molecular formula is C20H24Cl2N4O3. The molecule has 3 N–H and O–H groups in total. The molecular weight excluding hydrogens is 415 g/mol. The molecule has 0 atom stereocenters. The molecule has 2 aromatic rings. The van der Waals surface area contributed by atoms with E-state index in [0.717, 1.165) is 25.9 Å². The van der Waals surface area contributed by atoms with Gasteiger partial charge in [-0.2, -0.15) is 0 Å². The largest absolute Gasteiger partial charge is 0.476 e. The minimum atomic E-state index is -1.15. The fourth-order valence-corrected chi connectivity index (χ4v) is 3.55. The van der Waals surface area contributed by atoms with Crippen LogP contribution in [-0.2, 0) is 9.53 Å². The molecule has 0 aliphatic carbocycles. The molecule has 1 saturated heterocycles. The van der Waals surface area contributed by atoms with Crippen LogP contribution in [0.5, 0.6) is 5.75 Å². The first-order chi connectivity index (χ1) is 13.7. The number of nitrogen functional groups attached to an aromatic ring is 1. The van der Waals surface area contributed by atoms with Crippen LogP contribution in [0.2, 0.25) is 10.2 Å². The van der Waals surface area contributed by atoms with Crippen molar-refractivity contribution >= 4 is 35.1 Å². The predicted octanol–water partition coefficient (Wildman–Crippen LogP) is 3.73. The molecule has 1 aliphatic heterocycles. The van der Waals surface area contributed by atoms with Crippen LogP contribution in [0.15, 0.2) is 24.3 Å². The van der Waals surface area contributed by atoms with Gasteiger partial charge in [-0.25, -0.2) is 14.8 Å². The Morgan fingerprint density at radius 1 is 1.24 bits per heavy atom. The molecule has 0 radical (unpaired) electrons. The second kappa shape index (κ2) is 9.15.